The highest BCUT2D eigenvalue weighted by molar-refractivity contribution is 6.35. The molecule has 0 atom stereocenters. The Bertz CT molecular complexity index is 720. The minimum absolute atomic E-state index is 0.490. The SMILES string of the molecule is NCCc1ncn(Cc2c(Cl)cccc2Cl)c2ncnc1-2. The van der Waals surface area contributed by atoms with Gasteiger partial charge in [-0.2, -0.15) is 0 Å². The molecule has 7 heteroatoms. The highest BCUT2D eigenvalue weighted by atomic mass is 35.5. The van der Waals surface area contributed by atoms with Crippen LogP contribution in [0, 0.1) is 0 Å². The predicted octanol–water partition coefficient (Wildman–Crippen LogP) is 2.63. The molecule has 5 nitrogen and oxygen atoms in total. The number of nitrogens with zero attached hydrogens (tertiary/aromatic N) is 4. The molecule has 0 bridgehead atoms. The van der Waals surface area contributed by atoms with Gasteiger partial charge in [-0.1, -0.05) is 29.3 Å². The van der Waals surface area contributed by atoms with E-state index in [-0.39, 0.29) is 0 Å². The van der Waals surface area contributed by atoms with Crippen LogP contribution in [0.25, 0.3) is 11.5 Å². The van der Waals surface area contributed by atoms with Crippen molar-refractivity contribution < 1.29 is 0 Å². The average molecular weight is 322 g/mol. The van der Waals surface area contributed by atoms with Crippen LogP contribution in [0.3, 0.4) is 0 Å². The summed E-state index contributed by atoms with van der Waals surface area (Å²) in [4.78, 5) is 13.0. The van der Waals surface area contributed by atoms with Crippen molar-refractivity contribution in [1.29, 1.82) is 0 Å². The van der Waals surface area contributed by atoms with Crippen molar-refractivity contribution in [2.75, 3.05) is 6.54 Å². The number of hydrogen-bond donors (Lipinski definition) is 1. The number of benzene rings is 1. The van der Waals surface area contributed by atoms with Crippen LogP contribution in [0.5, 0.6) is 0 Å². The minimum Gasteiger partial charge on any atom is -0.330 e. The van der Waals surface area contributed by atoms with E-state index in [2.05, 4.69) is 15.0 Å². The third-order valence-corrected chi connectivity index (χ3v) is 3.96. The van der Waals surface area contributed by atoms with Crippen LogP contribution < -0.4 is 5.73 Å². The normalized spacial score (nSPS) is 11.2. The smallest absolute Gasteiger partial charge is 0.163 e. The zero-order valence-corrected chi connectivity index (χ0v) is 12.6. The van der Waals surface area contributed by atoms with E-state index in [0.717, 1.165) is 22.8 Å². The van der Waals surface area contributed by atoms with Crippen LogP contribution in [-0.4, -0.2) is 26.1 Å². The zero-order valence-electron chi connectivity index (χ0n) is 11.1. The predicted molar refractivity (Wildman–Crippen MR) is 82.8 cm³/mol. The molecule has 108 valence electrons. The van der Waals surface area contributed by atoms with Gasteiger partial charge in [-0.3, -0.25) is 0 Å². The quantitative estimate of drug-likeness (QED) is 0.802. The Morgan fingerprint density at radius 3 is 2.57 bits per heavy atom. The molecule has 2 aliphatic rings. The Hall–Kier alpha value is -1.69. The first-order chi connectivity index (χ1) is 10.2. The Morgan fingerprint density at radius 1 is 1.10 bits per heavy atom. The maximum absolute atomic E-state index is 6.21. The summed E-state index contributed by atoms with van der Waals surface area (Å²) in [5.41, 5.74) is 8.05. The van der Waals surface area contributed by atoms with Crippen molar-refractivity contribution in [1.82, 2.24) is 19.5 Å². The van der Waals surface area contributed by atoms with Crippen LogP contribution >= 0.6 is 23.2 Å². The van der Waals surface area contributed by atoms with E-state index in [4.69, 9.17) is 28.9 Å². The third-order valence-electron chi connectivity index (χ3n) is 3.25. The van der Waals surface area contributed by atoms with E-state index in [9.17, 15) is 0 Å². The molecule has 0 fully saturated rings. The molecule has 0 unspecified atom stereocenters. The van der Waals surface area contributed by atoms with Crippen LogP contribution in [0.15, 0.2) is 30.9 Å². The van der Waals surface area contributed by atoms with E-state index < -0.39 is 0 Å². The highest BCUT2D eigenvalue weighted by Crippen LogP contribution is 2.27. The second-order valence-corrected chi connectivity index (χ2v) is 5.42. The maximum Gasteiger partial charge on any atom is 0.163 e. The van der Waals surface area contributed by atoms with Gasteiger partial charge < -0.3 is 10.3 Å². The molecule has 0 aliphatic carbocycles. The molecule has 2 aliphatic heterocycles. The topological polar surface area (TPSA) is 69.6 Å². The summed E-state index contributed by atoms with van der Waals surface area (Å²) in [5, 5.41) is 1.24. The number of hydrogen-bond acceptors (Lipinski definition) is 4. The molecule has 0 amide bonds. The van der Waals surface area contributed by atoms with Crippen molar-refractivity contribution in [3.8, 4) is 11.5 Å². The first-order valence-corrected chi connectivity index (χ1v) is 7.24. The fourth-order valence-electron chi connectivity index (χ4n) is 2.22. The summed E-state index contributed by atoms with van der Waals surface area (Å²) in [7, 11) is 0. The lowest BCUT2D eigenvalue weighted by Crippen LogP contribution is -2.12. The van der Waals surface area contributed by atoms with Crippen LogP contribution in [0.1, 0.15) is 11.3 Å². The van der Waals surface area contributed by atoms with E-state index >= 15 is 0 Å². The maximum atomic E-state index is 6.21. The minimum atomic E-state index is 0.490. The first-order valence-electron chi connectivity index (χ1n) is 6.48. The fraction of sp³-hybridized carbons (Fsp3) is 0.214. The van der Waals surface area contributed by atoms with Gasteiger partial charge in [0.25, 0.3) is 0 Å². The van der Waals surface area contributed by atoms with E-state index in [1.807, 2.05) is 22.8 Å². The molecule has 1 aromatic rings. The molecular weight excluding hydrogens is 309 g/mol. The molecule has 2 heterocycles. The van der Waals surface area contributed by atoms with Crippen molar-refractivity contribution in [2.24, 2.45) is 5.73 Å². The summed E-state index contributed by atoms with van der Waals surface area (Å²) < 4.78 is 1.88. The van der Waals surface area contributed by atoms with Crippen molar-refractivity contribution in [2.45, 2.75) is 13.0 Å². The van der Waals surface area contributed by atoms with E-state index in [1.165, 1.54) is 6.33 Å². The van der Waals surface area contributed by atoms with Gasteiger partial charge in [0.2, 0.25) is 0 Å². The van der Waals surface area contributed by atoms with E-state index in [0.29, 0.717) is 29.6 Å². The monoisotopic (exact) mass is 321 g/mol. The Labute approximate surface area is 132 Å². The Kier molecular flexibility index (Phi) is 4.05. The highest BCUT2D eigenvalue weighted by Gasteiger charge is 2.17. The van der Waals surface area contributed by atoms with Gasteiger partial charge in [-0.15, -0.1) is 0 Å². The second-order valence-electron chi connectivity index (χ2n) is 4.60. The van der Waals surface area contributed by atoms with Crippen LogP contribution in [0.4, 0.5) is 0 Å². The van der Waals surface area contributed by atoms with Gasteiger partial charge in [-0.25, -0.2) is 15.0 Å². The summed E-state index contributed by atoms with van der Waals surface area (Å²) in [6.07, 6.45) is 3.92. The van der Waals surface area contributed by atoms with Gasteiger partial charge >= 0.3 is 0 Å². The molecule has 0 saturated heterocycles. The zero-order chi connectivity index (χ0) is 14.8. The molecule has 0 spiro atoms. The molecule has 3 rings (SSSR count). The number of halogens is 2. The molecule has 0 aromatic heterocycles. The standard InChI is InChI=1S/C14H13Cl2N5/c15-10-2-1-3-11(16)9(10)6-21-8-20-12(4-5-17)13-14(21)19-7-18-13/h1-3,7-8H,4-6,17H2. The van der Waals surface area contributed by atoms with Crippen molar-refractivity contribution in [3.63, 3.8) is 0 Å². The van der Waals surface area contributed by atoms with Gasteiger partial charge in [0.05, 0.1) is 18.6 Å². The lowest BCUT2D eigenvalue weighted by Gasteiger charge is -2.14. The number of nitrogens with two attached hydrogens (primary N) is 1. The number of aromatic nitrogens is 4. The summed E-state index contributed by atoms with van der Waals surface area (Å²) in [6, 6.07) is 5.44. The average Bonchev–Trinajstić information content (AvgIpc) is 2.95. The molecule has 0 radical (unpaired) electrons. The first kappa shape index (κ1) is 14.3. The molecule has 0 saturated carbocycles. The third kappa shape index (κ3) is 2.72. The number of rotatable bonds is 4. The number of fused-ring (bicyclic) bond motifs is 1. The van der Waals surface area contributed by atoms with Gasteiger partial charge in [0.1, 0.15) is 12.0 Å². The molecular formula is C14H13Cl2N5. The molecule has 21 heavy (non-hydrogen) atoms. The molecule has 2 N–H and O–H groups in total. The largest absolute Gasteiger partial charge is 0.330 e. The van der Waals surface area contributed by atoms with Gasteiger partial charge in [0.15, 0.2) is 5.82 Å². The van der Waals surface area contributed by atoms with Crippen molar-refractivity contribution in [3.05, 3.63) is 52.2 Å². The van der Waals surface area contributed by atoms with Gasteiger partial charge in [0, 0.05) is 22.0 Å². The van der Waals surface area contributed by atoms with Crippen molar-refractivity contribution >= 4 is 23.2 Å². The second kappa shape index (κ2) is 5.97. The van der Waals surface area contributed by atoms with Crippen LogP contribution in [0.2, 0.25) is 10.0 Å². The summed E-state index contributed by atoms with van der Waals surface area (Å²) in [6.45, 7) is 1.01. The molecule has 1 aromatic carbocycles. The Balaban J connectivity index is 2.02. The van der Waals surface area contributed by atoms with Gasteiger partial charge in [-0.05, 0) is 18.7 Å². The number of imidazole rings is 1. The summed E-state index contributed by atoms with van der Waals surface area (Å²) in [5.74, 6) is 0.754. The Morgan fingerprint density at radius 2 is 1.86 bits per heavy atom. The lowest BCUT2D eigenvalue weighted by molar-refractivity contribution is 0.744. The van der Waals surface area contributed by atoms with E-state index in [1.54, 1.807) is 6.33 Å². The lowest BCUT2D eigenvalue weighted by atomic mass is 10.2. The summed E-state index contributed by atoms with van der Waals surface area (Å²) >= 11 is 12.4. The van der Waals surface area contributed by atoms with Crippen LogP contribution in [-0.2, 0) is 13.0 Å². The fourth-order valence-corrected chi connectivity index (χ4v) is 2.74.